The molecule has 1 heterocycles. The molecule has 0 bridgehead atoms. The number of nitrogens with one attached hydrogen (secondary N) is 2. The summed E-state index contributed by atoms with van der Waals surface area (Å²) in [6.07, 6.45) is 0. The van der Waals surface area contributed by atoms with E-state index < -0.39 is 0 Å². The fourth-order valence-corrected chi connectivity index (χ4v) is 2.18. The van der Waals surface area contributed by atoms with Crippen LogP contribution in [0.4, 0.5) is 0 Å². The van der Waals surface area contributed by atoms with Gasteiger partial charge in [0.1, 0.15) is 0 Å². The zero-order chi connectivity index (χ0) is 12.1. The summed E-state index contributed by atoms with van der Waals surface area (Å²) in [5.41, 5.74) is 2.69. The van der Waals surface area contributed by atoms with Gasteiger partial charge in [0.15, 0.2) is 0 Å². The Morgan fingerprint density at radius 3 is 2.82 bits per heavy atom. The second kappa shape index (κ2) is 6.15. The number of hydrogen-bond donors (Lipinski definition) is 2. The van der Waals surface area contributed by atoms with Crippen molar-refractivity contribution in [3.8, 4) is 0 Å². The standard InChI is InChI=1S/C14H23N3/c1-12-3-5-13(6-4-12)9-16-11-14-10-15-7-8-17(14)2/h3-6,14-16H,7-11H2,1-2H3. The monoisotopic (exact) mass is 233 g/mol. The molecule has 0 saturated carbocycles. The van der Waals surface area contributed by atoms with Gasteiger partial charge in [0.25, 0.3) is 0 Å². The van der Waals surface area contributed by atoms with Gasteiger partial charge in [-0.15, -0.1) is 0 Å². The number of likely N-dealkylation sites (N-methyl/N-ethyl adjacent to an activating group) is 1. The smallest absolute Gasteiger partial charge is 0.0342 e. The third-order valence-corrected chi connectivity index (χ3v) is 3.47. The van der Waals surface area contributed by atoms with Gasteiger partial charge >= 0.3 is 0 Å². The summed E-state index contributed by atoms with van der Waals surface area (Å²) in [5, 5.41) is 6.98. The van der Waals surface area contributed by atoms with Gasteiger partial charge in [0.05, 0.1) is 0 Å². The Labute approximate surface area is 104 Å². The molecule has 2 rings (SSSR count). The van der Waals surface area contributed by atoms with E-state index in [2.05, 4.69) is 53.8 Å². The Hall–Kier alpha value is -0.900. The van der Waals surface area contributed by atoms with Gasteiger partial charge in [0.2, 0.25) is 0 Å². The van der Waals surface area contributed by atoms with Gasteiger partial charge in [-0.2, -0.15) is 0 Å². The highest BCUT2D eigenvalue weighted by Crippen LogP contribution is 2.03. The van der Waals surface area contributed by atoms with Crippen molar-refractivity contribution >= 4 is 0 Å². The third-order valence-electron chi connectivity index (χ3n) is 3.47. The van der Waals surface area contributed by atoms with Crippen LogP contribution < -0.4 is 10.6 Å². The molecule has 0 spiro atoms. The average molecular weight is 233 g/mol. The third kappa shape index (κ3) is 3.80. The summed E-state index contributed by atoms with van der Waals surface area (Å²) in [5.74, 6) is 0. The van der Waals surface area contributed by atoms with Crippen molar-refractivity contribution in [3.63, 3.8) is 0 Å². The van der Waals surface area contributed by atoms with Crippen molar-refractivity contribution in [2.24, 2.45) is 0 Å². The molecule has 17 heavy (non-hydrogen) atoms. The molecule has 1 aromatic carbocycles. The molecule has 1 aliphatic rings. The predicted molar refractivity (Wildman–Crippen MR) is 72.2 cm³/mol. The van der Waals surface area contributed by atoms with Crippen LogP contribution in [0.2, 0.25) is 0 Å². The molecule has 1 saturated heterocycles. The summed E-state index contributed by atoms with van der Waals surface area (Å²) >= 11 is 0. The zero-order valence-electron chi connectivity index (χ0n) is 10.9. The predicted octanol–water partition coefficient (Wildman–Crippen LogP) is 0.988. The van der Waals surface area contributed by atoms with Crippen molar-refractivity contribution in [1.29, 1.82) is 0 Å². The molecule has 1 unspecified atom stereocenters. The number of hydrogen-bond acceptors (Lipinski definition) is 3. The van der Waals surface area contributed by atoms with Crippen molar-refractivity contribution in [2.75, 3.05) is 33.2 Å². The van der Waals surface area contributed by atoms with Crippen LogP contribution in [0, 0.1) is 6.92 Å². The molecule has 94 valence electrons. The number of rotatable bonds is 4. The Bertz CT molecular complexity index is 334. The second-order valence-corrected chi connectivity index (χ2v) is 4.96. The highest BCUT2D eigenvalue weighted by atomic mass is 15.2. The van der Waals surface area contributed by atoms with E-state index in [9.17, 15) is 0 Å². The summed E-state index contributed by atoms with van der Waals surface area (Å²) in [6, 6.07) is 9.36. The van der Waals surface area contributed by atoms with Gasteiger partial charge in [0, 0.05) is 38.8 Å². The first-order valence-corrected chi connectivity index (χ1v) is 6.43. The van der Waals surface area contributed by atoms with Crippen LogP contribution in [0.25, 0.3) is 0 Å². The van der Waals surface area contributed by atoms with Crippen LogP contribution in [0.3, 0.4) is 0 Å². The van der Waals surface area contributed by atoms with E-state index in [1.165, 1.54) is 11.1 Å². The minimum Gasteiger partial charge on any atom is -0.314 e. The van der Waals surface area contributed by atoms with E-state index in [4.69, 9.17) is 0 Å². The van der Waals surface area contributed by atoms with E-state index in [0.717, 1.165) is 32.7 Å². The Kier molecular flexibility index (Phi) is 4.54. The first-order valence-electron chi connectivity index (χ1n) is 6.43. The van der Waals surface area contributed by atoms with Crippen molar-refractivity contribution < 1.29 is 0 Å². The van der Waals surface area contributed by atoms with Crippen LogP contribution in [-0.2, 0) is 6.54 Å². The topological polar surface area (TPSA) is 27.3 Å². The summed E-state index contributed by atoms with van der Waals surface area (Å²) in [6.45, 7) is 7.50. The largest absolute Gasteiger partial charge is 0.314 e. The molecule has 1 aromatic rings. The van der Waals surface area contributed by atoms with Crippen LogP contribution in [0.5, 0.6) is 0 Å². The summed E-state index contributed by atoms with van der Waals surface area (Å²) < 4.78 is 0. The second-order valence-electron chi connectivity index (χ2n) is 4.96. The normalized spacial score (nSPS) is 21.6. The fourth-order valence-electron chi connectivity index (χ4n) is 2.18. The number of aryl methyl sites for hydroxylation is 1. The molecular formula is C14H23N3. The van der Waals surface area contributed by atoms with Gasteiger partial charge in [-0.25, -0.2) is 0 Å². The summed E-state index contributed by atoms with van der Waals surface area (Å²) in [4.78, 5) is 2.43. The van der Waals surface area contributed by atoms with E-state index in [0.29, 0.717) is 6.04 Å². The summed E-state index contributed by atoms with van der Waals surface area (Å²) in [7, 11) is 2.21. The molecule has 2 N–H and O–H groups in total. The molecule has 0 radical (unpaired) electrons. The van der Waals surface area contributed by atoms with Crippen LogP contribution in [-0.4, -0.2) is 44.2 Å². The lowest BCUT2D eigenvalue weighted by Crippen LogP contribution is -2.53. The molecule has 1 fully saturated rings. The SMILES string of the molecule is Cc1ccc(CNCC2CNCCN2C)cc1. The zero-order valence-corrected chi connectivity index (χ0v) is 10.9. The lowest BCUT2D eigenvalue weighted by molar-refractivity contribution is 0.195. The lowest BCUT2D eigenvalue weighted by Gasteiger charge is -2.33. The molecule has 3 nitrogen and oxygen atoms in total. The van der Waals surface area contributed by atoms with Gasteiger partial charge in [-0.05, 0) is 19.5 Å². The van der Waals surface area contributed by atoms with Gasteiger partial charge < -0.3 is 10.6 Å². The fraction of sp³-hybridized carbons (Fsp3) is 0.571. The first-order chi connectivity index (χ1) is 8.25. The van der Waals surface area contributed by atoms with Crippen molar-refractivity contribution in [1.82, 2.24) is 15.5 Å². The average Bonchev–Trinajstić information content (AvgIpc) is 2.34. The molecule has 0 amide bonds. The van der Waals surface area contributed by atoms with Crippen LogP contribution >= 0.6 is 0 Å². The minimum atomic E-state index is 0.620. The lowest BCUT2D eigenvalue weighted by atomic mass is 10.1. The number of piperazine rings is 1. The first kappa shape index (κ1) is 12.6. The Balaban J connectivity index is 1.73. The molecular weight excluding hydrogens is 210 g/mol. The Morgan fingerprint density at radius 2 is 2.12 bits per heavy atom. The maximum absolute atomic E-state index is 3.54. The number of nitrogens with zero attached hydrogens (tertiary/aromatic N) is 1. The molecule has 3 heteroatoms. The quantitative estimate of drug-likeness (QED) is 0.812. The van der Waals surface area contributed by atoms with E-state index in [1.807, 2.05) is 0 Å². The maximum atomic E-state index is 3.54. The highest BCUT2D eigenvalue weighted by Gasteiger charge is 2.17. The van der Waals surface area contributed by atoms with Gasteiger partial charge in [-0.1, -0.05) is 29.8 Å². The number of benzene rings is 1. The van der Waals surface area contributed by atoms with E-state index >= 15 is 0 Å². The Morgan fingerprint density at radius 1 is 1.35 bits per heavy atom. The van der Waals surface area contributed by atoms with Crippen LogP contribution in [0.1, 0.15) is 11.1 Å². The molecule has 1 aliphatic heterocycles. The molecule has 1 atom stereocenters. The van der Waals surface area contributed by atoms with Crippen molar-refractivity contribution in [3.05, 3.63) is 35.4 Å². The maximum Gasteiger partial charge on any atom is 0.0342 e. The molecule has 0 aromatic heterocycles. The van der Waals surface area contributed by atoms with Gasteiger partial charge in [-0.3, -0.25) is 4.90 Å². The highest BCUT2D eigenvalue weighted by molar-refractivity contribution is 5.21. The van der Waals surface area contributed by atoms with Crippen molar-refractivity contribution in [2.45, 2.75) is 19.5 Å². The molecule has 0 aliphatic carbocycles. The minimum absolute atomic E-state index is 0.620. The van der Waals surface area contributed by atoms with Crippen LogP contribution in [0.15, 0.2) is 24.3 Å². The van der Waals surface area contributed by atoms with E-state index in [1.54, 1.807) is 0 Å². The van der Waals surface area contributed by atoms with E-state index in [-0.39, 0.29) is 0 Å².